The van der Waals surface area contributed by atoms with Crippen molar-refractivity contribution >= 4 is 5.91 Å². The van der Waals surface area contributed by atoms with E-state index in [2.05, 4.69) is 52.2 Å². The van der Waals surface area contributed by atoms with Crippen LogP contribution in [0, 0.1) is 5.92 Å². The van der Waals surface area contributed by atoms with Gasteiger partial charge in [-0.05, 0) is 53.4 Å². The first-order valence-electron chi connectivity index (χ1n) is 7.29. The summed E-state index contributed by atoms with van der Waals surface area (Å²) in [5.41, 5.74) is 0.182. The molecule has 0 radical (unpaired) electrons. The Morgan fingerprint density at radius 2 is 1.61 bits per heavy atom. The maximum Gasteiger partial charge on any atom is 0.223 e. The van der Waals surface area contributed by atoms with Crippen LogP contribution in [0.2, 0.25) is 0 Å². The van der Waals surface area contributed by atoms with Gasteiger partial charge >= 0.3 is 0 Å². The Hall–Kier alpha value is -0.570. The van der Waals surface area contributed by atoms with E-state index in [0.717, 1.165) is 25.7 Å². The summed E-state index contributed by atoms with van der Waals surface area (Å²) in [6.45, 7) is 13.0. The number of nitrogens with one attached hydrogen (secondary N) is 2. The molecule has 1 heterocycles. The van der Waals surface area contributed by atoms with Crippen molar-refractivity contribution in [2.45, 2.75) is 84.3 Å². The van der Waals surface area contributed by atoms with Gasteiger partial charge in [-0.25, -0.2) is 0 Å². The standard InChI is InChI=1S/C15H30N2O/c1-7-11(8-2)13(18)16-12-9-14(3,4)17-15(5,6)10-12/h11-12,17H,7-10H2,1-6H3,(H,16,18). The van der Waals surface area contributed by atoms with Gasteiger partial charge in [-0.3, -0.25) is 4.79 Å². The van der Waals surface area contributed by atoms with Gasteiger partial charge in [0.05, 0.1) is 0 Å². The second kappa shape index (κ2) is 5.60. The fourth-order valence-electron chi connectivity index (χ4n) is 3.40. The zero-order chi connectivity index (χ0) is 14.0. The highest BCUT2D eigenvalue weighted by Crippen LogP contribution is 2.28. The predicted molar refractivity (Wildman–Crippen MR) is 76.5 cm³/mol. The lowest BCUT2D eigenvalue weighted by Gasteiger charge is -2.46. The van der Waals surface area contributed by atoms with E-state index in [0.29, 0.717) is 6.04 Å². The molecule has 1 fully saturated rings. The van der Waals surface area contributed by atoms with Crippen LogP contribution in [0.4, 0.5) is 0 Å². The van der Waals surface area contributed by atoms with E-state index in [1.54, 1.807) is 0 Å². The molecule has 0 atom stereocenters. The molecule has 0 bridgehead atoms. The molecule has 0 aliphatic carbocycles. The summed E-state index contributed by atoms with van der Waals surface area (Å²) < 4.78 is 0. The lowest BCUT2D eigenvalue weighted by Crippen LogP contribution is -2.62. The third-order valence-electron chi connectivity index (χ3n) is 3.89. The molecule has 0 saturated carbocycles. The zero-order valence-corrected chi connectivity index (χ0v) is 12.9. The Kier molecular flexibility index (Phi) is 4.82. The van der Waals surface area contributed by atoms with Crippen molar-refractivity contribution in [2.75, 3.05) is 0 Å². The van der Waals surface area contributed by atoms with Crippen molar-refractivity contribution in [3.8, 4) is 0 Å². The zero-order valence-electron chi connectivity index (χ0n) is 12.9. The van der Waals surface area contributed by atoms with E-state index in [9.17, 15) is 4.79 Å². The molecule has 0 aromatic rings. The first kappa shape index (κ1) is 15.5. The predicted octanol–water partition coefficient (Wildman–Crippen LogP) is 2.85. The molecule has 1 aliphatic rings. The van der Waals surface area contributed by atoms with Gasteiger partial charge in [0.25, 0.3) is 0 Å². The topological polar surface area (TPSA) is 41.1 Å². The van der Waals surface area contributed by atoms with Crippen LogP contribution < -0.4 is 10.6 Å². The molecule has 3 nitrogen and oxygen atoms in total. The normalized spacial score (nSPS) is 23.1. The van der Waals surface area contributed by atoms with Crippen LogP contribution in [0.5, 0.6) is 0 Å². The van der Waals surface area contributed by atoms with E-state index in [-0.39, 0.29) is 22.9 Å². The third-order valence-corrected chi connectivity index (χ3v) is 3.89. The van der Waals surface area contributed by atoms with E-state index in [4.69, 9.17) is 0 Å². The Morgan fingerprint density at radius 1 is 1.17 bits per heavy atom. The molecule has 3 heteroatoms. The highest BCUT2D eigenvalue weighted by Gasteiger charge is 2.38. The monoisotopic (exact) mass is 254 g/mol. The average Bonchev–Trinajstić information content (AvgIpc) is 2.13. The van der Waals surface area contributed by atoms with Crippen molar-refractivity contribution < 1.29 is 4.79 Å². The highest BCUT2D eigenvalue weighted by atomic mass is 16.1. The van der Waals surface area contributed by atoms with Gasteiger partial charge < -0.3 is 10.6 Å². The minimum absolute atomic E-state index is 0.0909. The molecule has 0 aromatic carbocycles. The summed E-state index contributed by atoms with van der Waals surface area (Å²) in [4.78, 5) is 12.2. The maximum absolute atomic E-state index is 12.2. The third kappa shape index (κ3) is 4.27. The summed E-state index contributed by atoms with van der Waals surface area (Å²) in [5, 5.41) is 6.89. The smallest absolute Gasteiger partial charge is 0.223 e. The number of hydrogen-bond donors (Lipinski definition) is 2. The van der Waals surface area contributed by atoms with E-state index >= 15 is 0 Å². The summed E-state index contributed by atoms with van der Waals surface area (Å²) in [5.74, 6) is 0.407. The Bertz CT molecular complexity index is 277. The molecular formula is C15H30N2O. The molecule has 1 saturated heterocycles. The molecule has 0 aromatic heterocycles. The van der Waals surface area contributed by atoms with E-state index in [1.165, 1.54) is 0 Å². The molecule has 106 valence electrons. The quantitative estimate of drug-likeness (QED) is 0.810. The molecule has 0 unspecified atom stereocenters. The van der Waals surface area contributed by atoms with Crippen molar-refractivity contribution in [1.29, 1.82) is 0 Å². The molecule has 0 spiro atoms. The molecule has 2 N–H and O–H groups in total. The van der Waals surface area contributed by atoms with Crippen LogP contribution >= 0.6 is 0 Å². The minimum atomic E-state index is 0.0909. The lowest BCUT2D eigenvalue weighted by molar-refractivity contribution is -0.126. The van der Waals surface area contributed by atoms with Gasteiger partial charge in [0.1, 0.15) is 0 Å². The van der Waals surface area contributed by atoms with Crippen molar-refractivity contribution in [3.05, 3.63) is 0 Å². The number of rotatable bonds is 4. The first-order chi connectivity index (χ1) is 8.19. The van der Waals surface area contributed by atoms with Crippen molar-refractivity contribution in [3.63, 3.8) is 0 Å². The van der Waals surface area contributed by atoms with Crippen LogP contribution in [0.3, 0.4) is 0 Å². The SMILES string of the molecule is CCC(CC)C(=O)NC1CC(C)(C)NC(C)(C)C1. The van der Waals surface area contributed by atoms with Crippen LogP contribution in [0.15, 0.2) is 0 Å². The summed E-state index contributed by atoms with van der Waals surface area (Å²) in [6, 6.07) is 0.296. The summed E-state index contributed by atoms with van der Waals surface area (Å²) >= 11 is 0. The second-order valence-corrected chi connectivity index (χ2v) is 7.02. The number of hydrogen-bond acceptors (Lipinski definition) is 2. The minimum Gasteiger partial charge on any atom is -0.353 e. The average molecular weight is 254 g/mol. The van der Waals surface area contributed by atoms with Gasteiger partial charge in [0, 0.05) is 23.0 Å². The number of carbonyl (C=O) groups excluding carboxylic acids is 1. The van der Waals surface area contributed by atoms with Gasteiger partial charge in [-0.2, -0.15) is 0 Å². The number of amides is 1. The van der Waals surface area contributed by atoms with E-state index in [1.807, 2.05) is 0 Å². The molecule has 18 heavy (non-hydrogen) atoms. The number of carbonyl (C=O) groups is 1. The van der Waals surface area contributed by atoms with E-state index < -0.39 is 0 Å². The van der Waals surface area contributed by atoms with Crippen molar-refractivity contribution in [1.82, 2.24) is 10.6 Å². The van der Waals surface area contributed by atoms with Gasteiger partial charge in [-0.1, -0.05) is 13.8 Å². The summed E-state index contributed by atoms with van der Waals surface area (Å²) in [7, 11) is 0. The molecule has 1 amide bonds. The molecular weight excluding hydrogens is 224 g/mol. The lowest BCUT2D eigenvalue weighted by atomic mass is 9.79. The van der Waals surface area contributed by atoms with Crippen LogP contribution in [-0.2, 0) is 4.79 Å². The molecule has 1 aliphatic heterocycles. The second-order valence-electron chi connectivity index (χ2n) is 7.02. The largest absolute Gasteiger partial charge is 0.353 e. The highest BCUT2D eigenvalue weighted by molar-refractivity contribution is 5.78. The van der Waals surface area contributed by atoms with Crippen LogP contribution in [0.1, 0.15) is 67.2 Å². The van der Waals surface area contributed by atoms with Gasteiger partial charge in [0.15, 0.2) is 0 Å². The Labute approximate surface area is 112 Å². The van der Waals surface area contributed by atoms with Crippen LogP contribution in [0.25, 0.3) is 0 Å². The summed E-state index contributed by atoms with van der Waals surface area (Å²) in [6.07, 6.45) is 3.87. The maximum atomic E-state index is 12.2. The fourth-order valence-corrected chi connectivity index (χ4v) is 3.40. The van der Waals surface area contributed by atoms with Crippen LogP contribution in [-0.4, -0.2) is 23.0 Å². The first-order valence-corrected chi connectivity index (χ1v) is 7.29. The van der Waals surface area contributed by atoms with Gasteiger partial charge in [0.2, 0.25) is 5.91 Å². The van der Waals surface area contributed by atoms with Gasteiger partial charge in [-0.15, -0.1) is 0 Å². The fraction of sp³-hybridized carbons (Fsp3) is 0.933. The Morgan fingerprint density at radius 3 is 2.00 bits per heavy atom. The van der Waals surface area contributed by atoms with Crippen molar-refractivity contribution in [2.24, 2.45) is 5.92 Å². The molecule has 1 rings (SSSR count). The number of piperidine rings is 1. The Balaban J connectivity index is 2.64.